The van der Waals surface area contributed by atoms with Crippen LogP contribution in [-0.2, 0) is 9.84 Å². The van der Waals surface area contributed by atoms with Gasteiger partial charge in [-0.2, -0.15) is 0 Å². The summed E-state index contributed by atoms with van der Waals surface area (Å²) in [4.78, 5) is 14.7. The number of rotatable bonds is 4. The molecule has 25 heavy (non-hydrogen) atoms. The molecule has 2 aromatic carbocycles. The Bertz CT molecular complexity index is 922. The molecule has 0 fully saturated rings. The summed E-state index contributed by atoms with van der Waals surface area (Å²) in [7, 11) is -1.81. The SMILES string of the molecule is COc1ccccc1C(=O)N(c1ccc(Br)cc1)[C@@H]1C=CS(=O)(=O)C1. The number of carbonyl (C=O) groups is 1. The quantitative estimate of drug-likeness (QED) is 0.758. The summed E-state index contributed by atoms with van der Waals surface area (Å²) in [6.07, 6.45) is 1.55. The van der Waals surface area contributed by atoms with Gasteiger partial charge in [-0.05, 0) is 42.5 Å². The predicted octanol–water partition coefficient (Wildman–Crippen LogP) is 3.42. The zero-order valence-corrected chi connectivity index (χ0v) is 15.8. The monoisotopic (exact) mass is 421 g/mol. The smallest absolute Gasteiger partial charge is 0.262 e. The number of anilines is 1. The van der Waals surface area contributed by atoms with Crippen LogP contribution < -0.4 is 9.64 Å². The molecule has 0 bridgehead atoms. The molecule has 0 aromatic heterocycles. The molecular weight excluding hydrogens is 406 g/mol. The summed E-state index contributed by atoms with van der Waals surface area (Å²) >= 11 is 3.37. The molecule has 1 amide bonds. The topological polar surface area (TPSA) is 63.7 Å². The maximum atomic E-state index is 13.2. The van der Waals surface area contributed by atoms with Crippen LogP contribution in [-0.4, -0.2) is 33.2 Å². The molecule has 5 nitrogen and oxygen atoms in total. The van der Waals surface area contributed by atoms with Crippen LogP contribution in [0.4, 0.5) is 5.69 Å². The van der Waals surface area contributed by atoms with Crippen molar-refractivity contribution in [3.05, 3.63) is 70.1 Å². The van der Waals surface area contributed by atoms with Gasteiger partial charge in [-0.25, -0.2) is 8.42 Å². The average molecular weight is 422 g/mol. The standard InChI is InChI=1S/C18H16BrNO4S/c1-24-17-5-3-2-4-16(17)18(21)20(14-8-6-13(19)7-9-14)15-10-11-25(22,23)12-15/h2-11,15H,12H2,1H3/t15-/m1/s1. The molecule has 1 aliphatic rings. The Morgan fingerprint density at radius 3 is 2.44 bits per heavy atom. The average Bonchev–Trinajstić information content (AvgIpc) is 2.96. The van der Waals surface area contributed by atoms with Crippen molar-refractivity contribution in [2.75, 3.05) is 17.8 Å². The molecule has 3 rings (SSSR count). The van der Waals surface area contributed by atoms with Crippen LogP contribution in [0.5, 0.6) is 5.75 Å². The number of hydrogen-bond acceptors (Lipinski definition) is 4. The number of halogens is 1. The van der Waals surface area contributed by atoms with Gasteiger partial charge in [-0.3, -0.25) is 4.79 Å². The lowest BCUT2D eigenvalue weighted by Gasteiger charge is -2.28. The number of nitrogens with zero attached hydrogens (tertiary/aromatic N) is 1. The molecule has 0 saturated carbocycles. The first-order valence-electron chi connectivity index (χ1n) is 7.54. The lowest BCUT2D eigenvalue weighted by atomic mass is 10.1. The normalized spacial score (nSPS) is 18.1. The van der Waals surface area contributed by atoms with Gasteiger partial charge in [0.05, 0.1) is 24.5 Å². The fraction of sp³-hybridized carbons (Fsp3) is 0.167. The Morgan fingerprint density at radius 1 is 1.16 bits per heavy atom. The molecule has 0 radical (unpaired) electrons. The first kappa shape index (κ1) is 17.7. The maximum absolute atomic E-state index is 13.2. The van der Waals surface area contributed by atoms with E-state index < -0.39 is 15.9 Å². The summed E-state index contributed by atoms with van der Waals surface area (Å²) in [5, 5.41) is 1.17. The van der Waals surface area contributed by atoms with Crippen molar-refractivity contribution in [3.8, 4) is 5.75 Å². The van der Waals surface area contributed by atoms with Crippen molar-refractivity contribution in [3.63, 3.8) is 0 Å². The Hall–Kier alpha value is -2.12. The predicted molar refractivity (Wildman–Crippen MR) is 101 cm³/mol. The van der Waals surface area contributed by atoms with Crippen LogP contribution in [0.2, 0.25) is 0 Å². The minimum Gasteiger partial charge on any atom is -0.496 e. The molecule has 1 heterocycles. The number of sulfone groups is 1. The first-order chi connectivity index (χ1) is 11.9. The van der Waals surface area contributed by atoms with E-state index in [4.69, 9.17) is 4.74 Å². The Morgan fingerprint density at radius 2 is 1.84 bits per heavy atom. The van der Waals surface area contributed by atoms with Crippen molar-refractivity contribution in [2.24, 2.45) is 0 Å². The van der Waals surface area contributed by atoms with Gasteiger partial charge in [0.15, 0.2) is 9.84 Å². The van der Waals surface area contributed by atoms with Gasteiger partial charge in [0.2, 0.25) is 0 Å². The Kier molecular flexibility index (Phi) is 4.96. The minimum atomic E-state index is -3.30. The molecule has 1 aliphatic heterocycles. The second-order valence-corrected chi connectivity index (χ2v) is 8.42. The van der Waals surface area contributed by atoms with Crippen LogP contribution in [0.1, 0.15) is 10.4 Å². The molecular formula is C18H16BrNO4S. The second-order valence-electron chi connectivity index (χ2n) is 5.58. The number of benzene rings is 2. The van der Waals surface area contributed by atoms with E-state index >= 15 is 0 Å². The van der Waals surface area contributed by atoms with E-state index in [1.807, 2.05) is 12.1 Å². The van der Waals surface area contributed by atoms with Gasteiger partial charge in [-0.15, -0.1) is 0 Å². The lowest BCUT2D eigenvalue weighted by Crippen LogP contribution is -2.41. The zero-order chi connectivity index (χ0) is 18.0. The summed E-state index contributed by atoms with van der Waals surface area (Å²) in [5.74, 6) is -0.00444. The summed E-state index contributed by atoms with van der Waals surface area (Å²) in [6.45, 7) is 0. The molecule has 2 aromatic rings. The van der Waals surface area contributed by atoms with E-state index in [1.54, 1.807) is 42.5 Å². The molecule has 1 atom stereocenters. The van der Waals surface area contributed by atoms with Gasteiger partial charge in [0.25, 0.3) is 5.91 Å². The minimum absolute atomic E-state index is 0.135. The Balaban J connectivity index is 2.06. The highest BCUT2D eigenvalue weighted by atomic mass is 79.9. The lowest BCUT2D eigenvalue weighted by molar-refractivity contribution is 0.0980. The van der Waals surface area contributed by atoms with Crippen molar-refractivity contribution in [1.82, 2.24) is 0 Å². The van der Waals surface area contributed by atoms with Crippen LogP contribution in [0.3, 0.4) is 0 Å². The fourth-order valence-electron chi connectivity index (χ4n) is 2.73. The molecule has 0 unspecified atom stereocenters. The number of amides is 1. The number of carbonyl (C=O) groups excluding carboxylic acids is 1. The summed E-state index contributed by atoms with van der Waals surface area (Å²) in [6, 6.07) is 13.5. The maximum Gasteiger partial charge on any atom is 0.262 e. The number of hydrogen-bond donors (Lipinski definition) is 0. The first-order valence-corrected chi connectivity index (χ1v) is 10.1. The third-order valence-electron chi connectivity index (χ3n) is 3.90. The van der Waals surface area contributed by atoms with Gasteiger partial charge in [0.1, 0.15) is 5.75 Å². The van der Waals surface area contributed by atoms with Crippen LogP contribution in [0.15, 0.2) is 64.5 Å². The second kappa shape index (κ2) is 7.01. The highest BCUT2D eigenvalue weighted by molar-refractivity contribution is 9.10. The Labute approximate surface area is 155 Å². The highest BCUT2D eigenvalue weighted by Gasteiger charge is 2.33. The molecule has 0 N–H and O–H groups in total. The zero-order valence-electron chi connectivity index (χ0n) is 13.4. The number of para-hydroxylation sites is 1. The van der Waals surface area contributed by atoms with Crippen LogP contribution in [0, 0.1) is 0 Å². The fourth-order valence-corrected chi connectivity index (χ4v) is 4.26. The van der Waals surface area contributed by atoms with Gasteiger partial charge in [0, 0.05) is 15.6 Å². The van der Waals surface area contributed by atoms with E-state index in [2.05, 4.69) is 15.9 Å². The third kappa shape index (κ3) is 3.77. The van der Waals surface area contributed by atoms with Crippen LogP contribution in [0.25, 0.3) is 0 Å². The van der Waals surface area contributed by atoms with Crippen molar-refractivity contribution >= 4 is 37.4 Å². The number of methoxy groups -OCH3 is 1. The molecule has 0 spiro atoms. The third-order valence-corrected chi connectivity index (χ3v) is 5.81. The van der Waals surface area contributed by atoms with Gasteiger partial charge in [-0.1, -0.05) is 28.1 Å². The van der Waals surface area contributed by atoms with E-state index in [-0.39, 0.29) is 11.7 Å². The number of ether oxygens (including phenoxy) is 1. The molecule has 0 aliphatic carbocycles. The van der Waals surface area contributed by atoms with E-state index in [0.717, 1.165) is 4.47 Å². The van der Waals surface area contributed by atoms with E-state index in [9.17, 15) is 13.2 Å². The van der Waals surface area contributed by atoms with Gasteiger partial charge < -0.3 is 9.64 Å². The van der Waals surface area contributed by atoms with Crippen molar-refractivity contribution in [1.29, 1.82) is 0 Å². The summed E-state index contributed by atoms with van der Waals surface area (Å²) in [5.41, 5.74) is 0.997. The largest absolute Gasteiger partial charge is 0.496 e. The van der Waals surface area contributed by atoms with Crippen molar-refractivity contribution < 1.29 is 17.9 Å². The van der Waals surface area contributed by atoms with Gasteiger partial charge >= 0.3 is 0 Å². The highest BCUT2D eigenvalue weighted by Crippen LogP contribution is 2.29. The van der Waals surface area contributed by atoms with Crippen molar-refractivity contribution in [2.45, 2.75) is 6.04 Å². The molecule has 0 saturated heterocycles. The molecule has 130 valence electrons. The van der Waals surface area contributed by atoms with Crippen LogP contribution >= 0.6 is 15.9 Å². The van der Waals surface area contributed by atoms with E-state index in [0.29, 0.717) is 17.0 Å². The summed E-state index contributed by atoms with van der Waals surface area (Å²) < 4.78 is 29.9. The van der Waals surface area contributed by atoms with E-state index in [1.165, 1.54) is 17.4 Å². The molecule has 7 heteroatoms.